The molecule has 1 saturated carbocycles. The van der Waals surface area contributed by atoms with Crippen LogP contribution in [0.4, 0.5) is 5.82 Å². The minimum atomic E-state index is -0.0759. The maximum atomic E-state index is 11.8. The van der Waals surface area contributed by atoms with Crippen molar-refractivity contribution in [1.29, 1.82) is 0 Å². The first-order valence-corrected chi connectivity index (χ1v) is 7.12. The molecule has 0 aliphatic heterocycles. The van der Waals surface area contributed by atoms with Crippen molar-refractivity contribution in [2.24, 2.45) is 5.92 Å². The fourth-order valence-corrected chi connectivity index (χ4v) is 2.66. The fourth-order valence-electron chi connectivity index (χ4n) is 2.49. The van der Waals surface area contributed by atoms with Crippen LogP contribution in [-0.2, 0) is 9.53 Å². The molecule has 0 bridgehead atoms. The molecule has 0 spiro atoms. The summed E-state index contributed by atoms with van der Waals surface area (Å²) in [6, 6.07) is 5.76. The van der Waals surface area contributed by atoms with Crippen molar-refractivity contribution in [3.8, 4) is 0 Å². The Bertz CT molecular complexity index is 439. The molecule has 2 atom stereocenters. The molecule has 1 fully saturated rings. The lowest BCUT2D eigenvalue weighted by Crippen LogP contribution is -2.32. The Balaban J connectivity index is 1.92. The molecule has 1 N–H and O–H groups in total. The van der Waals surface area contributed by atoms with Gasteiger partial charge in [0.05, 0.1) is 12.5 Å². The molecule has 0 saturated heterocycles. The Kier molecular flexibility index (Phi) is 5.02. The Morgan fingerprint density at radius 1 is 1.53 bits per heavy atom. The van der Waals surface area contributed by atoms with E-state index in [9.17, 15) is 4.79 Å². The van der Waals surface area contributed by atoms with Crippen molar-refractivity contribution < 1.29 is 9.53 Å². The van der Waals surface area contributed by atoms with Gasteiger partial charge in [-0.3, -0.25) is 4.79 Å². The largest absolute Gasteiger partial charge is 0.466 e. The number of ether oxygens (including phenoxy) is 1. The Morgan fingerprint density at radius 2 is 2.37 bits per heavy atom. The summed E-state index contributed by atoms with van der Waals surface area (Å²) in [5.74, 6) is 0.695. The van der Waals surface area contributed by atoms with E-state index in [4.69, 9.17) is 16.3 Å². The average Bonchev–Trinajstić information content (AvgIpc) is 2.39. The Morgan fingerprint density at radius 3 is 3.11 bits per heavy atom. The second kappa shape index (κ2) is 6.75. The number of nitrogens with zero attached hydrogens (tertiary/aromatic N) is 1. The van der Waals surface area contributed by atoms with Crippen molar-refractivity contribution in [3.05, 3.63) is 23.4 Å². The maximum absolute atomic E-state index is 11.8. The molecule has 2 unspecified atom stereocenters. The molecule has 1 aliphatic rings. The maximum Gasteiger partial charge on any atom is 0.308 e. The van der Waals surface area contributed by atoms with Gasteiger partial charge in [-0.05, 0) is 38.3 Å². The second-order valence-electron chi connectivity index (χ2n) is 4.80. The number of nitrogens with one attached hydrogen (secondary N) is 1. The average molecular weight is 283 g/mol. The van der Waals surface area contributed by atoms with E-state index >= 15 is 0 Å². The molecule has 0 amide bonds. The van der Waals surface area contributed by atoms with E-state index in [1.54, 1.807) is 6.07 Å². The molecule has 0 aromatic carbocycles. The number of hydrogen-bond donors (Lipinski definition) is 1. The first-order valence-electron chi connectivity index (χ1n) is 6.74. The summed E-state index contributed by atoms with van der Waals surface area (Å²) < 4.78 is 5.10. The molecule has 1 aliphatic carbocycles. The van der Waals surface area contributed by atoms with Crippen molar-refractivity contribution in [1.82, 2.24) is 4.98 Å². The third-order valence-electron chi connectivity index (χ3n) is 3.36. The molecule has 0 radical (unpaired) electrons. The van der Waals surface area contributed by atoms with Crippen LogP contribution >= 0.6 is 11.6 Å². The first kappa shape index (κ1) is 14.1. The predicted molar refractivity (Wildman–Crippen MR) is 75.2 cm³/mol. The van der Waals surface area contributed by atoms with Crippen LogP contribution in [0.2, 0.25) is 5.15 Å². The number of rotatable bonds is 4. The standard InChI is InChI=1S/C14H19ClN2O2/c1-2-19-14(18)10-5-3-6-11(9-10)16-13-8-4-7-12(15)17-13/h4,7-8,10-11H,2-3,5-6,9H2,1H3,(H,16,17). The van der Waals surface area contributed by atoms with Crippen molar-refractivity contribution in [2.45, 2.75) is 38.6 Å². The van der Waals surface area contributed by atoms with Gasteiger partial charge < -0.3 is 10.1 Å². The highest BCUT2D eigenvalue weighted by atomic mass is 35.5. The quantitative estimate of drug-likeness (QED) is 0.680. The lowest BCUT2D eigenvalue weighted by Gasteiger charge is -2.28. The van der Waals surface area contributed by atoms with Gasteiger partial charge in [0.15, 0.2) is 0 Å². The lowest BCUT2D eigenvalue weighted by molar-refractivity contribution is -0.149. The monoisotopic (exact) mass is 282 g/mol. The summed E-state index contributed by atoms with van der Waals surface area (Å²) in [7, 11) is 0. The van der Waals surface area contributed by atoms with Crippen LogP contribution < -0.4 is 5.32 Å². The summed E-state index contributed by atoms with van der Waals surface area (Å²) in [6.07, 6.45) is 3.79. The smallest absolute Gasteiger partial charge is 0.308 e. The second-order valence-corrected chi connectivity index (χ2v) is 5.19. The number of pyridine rings is 1. The molecule has 1 aromatic heterocycles. The van der Waals surface area contributed by atoms with Gasteiger partial charge in [-0.2, -0.15) is 0 Å². The zero-order chi connectivity index (χ0) is 13.7. The number of carbonyl (C=O) groups is 1. The van der Waals surface area contributed by atoms with E-state index < -0.39 is 0 Å². The molecule has 2 rings (SSSR count). The molecule has 104 valence electrons. The van der Waals surface area contributed by atoms with Gasteiger partial charge in [0.1, 0.15) is 11.0 Å². The van der Waals surface area contributed by atoms with Gasteiger partial charge in [0, 0.05) is 6.04 Å². The van der Waals surface area contributed by atoms with E-state index in [1.807, 2.05) is 19.1 Å². The van der Waals surface area contributed by atoms with Gasteiger partial charge >= 0.3 is 5.97 Å². The molecular weight excluding hydrogens is 264 g/mol. The molecule has 1 heterocycles. The lowest BCUT2D eigenvalue weighted by atomic mass is 9.86. The third-order valence-corrected chi connectivity index (χ3v) is 3.57. The third kappa shape index (κ3) is 4.10. The van der Waals surface area contributed by atoms with Crippen molar-refractivity contribution >= 4 is 23.4 Å². The molecule has 4 nitrogen and oxygen atoms in total. The van der Waals surface area contributed by atoms with Gasteiger partial charge in [0.2, 0.25) is 0 Å². The van der Waals surface area contributed by atoms with Crippen molar-refractivity contribution in [2.75, 3.05) is 11.9 Å². The van der Waals surface area contributed by atoms with Gasteiger partial charge in [-0.15, -0.1) is 0 Å². The highest BCUT2D eigenvalue weighted by molar-refractivity contribution is 6.29. The van der Waals surface area contributed by atoms with Gasteiger partial charge in [-0.1, -0.05) is 24.1 Å². The zero-order valence-electron chi connectivity index (χ0n) is 11.1. The minimum Gasteiger partial charge on any atom is -0.466 e. The molecule has 1 aromatic rings. The van der Waals surface area contributed by atoms with Crippen LogP contribution in [0.15, 0.2) is 18.2 Å². The summed E-state index contributed by atoms with van der Waals surface area (Å²) >= 11 is 5.86. The number of hydrogen-bond acceptors (Lipinski definition) is 4. The summed E-state index contributed by atoms with van der Waals surface area (Å²) in [5.41, 5.74) is 0. The highest BCUT2D eigenvalue weighted by Gasteiger charge is 2.28. The summed E-state index contributed by atoms with van der Waals surface area (Å²) in [5, 5.41) is 3.82. The van der Waals surface area contributed by atoms with E-state index in [0.29, 0.717) is 11.8 Å². The number of halogens is 1. The van der Waals surface area contributed by atoms with Gasteiger partial charge in [-0.25, -0.2) is 4.98 Å². The molecule has 5 heteroatoms. The number of esters is 1. The van der Waals surface area contributed by atoms with Crippen LogP contribution in [0.5, 0.6) is 0 Å². The summed E-state index contributed by atoms with van der Waals surface area (Å²) in [4.78, 5) is 16.0. The SMILES string of the molecule is CCOC(=O)C1CCCC(Nc2cccc(Cl)n2)C1. The van der Waals surface area contributed by atoms with E-state index in [0.717, 1.165) is 31.5 Å². The first-order chi connectivity index (χ1) is 9.19. The van der Waals surface area contributed by atoms with Crippen LogP contribution in [0, 0.1) is 5.92 Å². The van der Waals surface area contributed by atoms with E-state index in [2.05, 4.69) is 10.3 Å². The number of carbonyl (C=O) groups excluding carboxylic acids is 1. The number of aromatic nitrogens is 1. The predicted octanol–water partition coefficient (Wildman–Crippen LogP) is 3.27. The normalized spacial score (nSPS) is 22.8. The topological polar surface area (TPSA) is 51.2 Å². The highest BCUT2D eigenvalue weighted by Crippen LogP contribution is 2.27. The zero-order valence-corrected chi connectivity index (χ0v) is 11.8. The fraction of sp³-hybridized carbons (Fsp3) is 0.571. The Hall–Kier alpha value is -1.29. The van der Waals surface area contributed by atoms with Gasteiger partial charge in [0.25, 0.3) is 0 Å². The minimum absolute atomic E-state index is 0.00499. The van der Waals surface area contributed by atoms with Crippen LogP contribution in [0.1, 0.15) is 32.6 Å². The molecule has 19 heavy (non-hydrogen) atoms. The van der Waals surface area contributed by atoms with Crippen LogP contribution in [-0.4, -0.2) is 23.6 Å². The summed E-state index contributed by atoms with van der Waals surface area (Å²) in [6.45, 7) is 2.29. The van der Waals surface area contributed by atoms with Crippen LogP contribution in [0.3, 0.4) is 0 Å². The number of anilines is 1. The van der Waals surface area contributed by atoms with E-state index in [1.165, 1.54) is 0 Å². The van der Waals surface area contributed by atoms with Crippen LogP contribution in [0.25, 0.3) is 0 Å². The Labute approximate surface area is 118 Å². The van der Waals surface area contributed by atoms with E-state index in [-0.39, 0.29) is 17.9 Å². The van der Waals surface area contributed by atoms with Crippen molar-refractivity contribution in [3.63, 3.8) is 0 Å². The molecular formula is C14H19ClN2O2.